The molecule has 0 spiro atoms. The van der Waals surface area contributed by atoms with Crippen LogP contribution in [0.4, 0.5) is 0 Å². The number of aromatic nitrogens is 1. The first-order chi connectivity index (χ1) is 11.7. The average molecular weight is 340 g/mol. The summed E-state index contributed by atoms with van der Waals surface area (Å²) < 4.78 is 0. The Kier molecular flexibility index (Phi) is 5.81. The molecule has 1 aromatic heterocycles. The fourth-order valence-electron chi connectivity index (χ4n) is 3.01. The lowest BCUT2D eigenvalue weighted by Crippen LogP contribution is -2.26. The number of hydrogen-bond donors (Lipinski definition) is 1. The normalized spacial score (nSPS) is 14.3. The van der Waals surface area contributed by atoms with Gasteiger partial charge in [0.25, 0.3) is 0 Å². The molecule has 1 heterocycles. The van der Waals surface area contributed by atoms with Gasteiger partial charge in [0.05, 0.1) is 12.1 Å². The predicted octanol–water partition coefficient (Wildman–Crippen LogP) is 4.67. The summed E-state index contributed by atoms with van der Waals surface area (Å²) in [5, 5.41) is 4.03. The molecule has 0 atom stereocenters. The van der Waals surface area contributed by atoms with Crippen molar-refractivity contribution >= 4 is 17.2 Å². The summed E-state index contributed by atoms with van der Waals surface area (Å²) in [7, 11) is 0. The van der Waals surface area contributed by atoms with Crippen LogP contribution in [0.15, 0.2) is 42.0 Å². The summed E-state index contributed by atoms with van der Waals surface area (Å²) in [6, 6.07) is 10.1. The average Bonchev–Trinajstić information content (AvgIpc) is 2.97. The zero-order valence-corrected chi connectivity index (χ0v) is 15.0. The lowest BCUT2D eigenvalue weighted by Gasteiger charge is -2.12. The molecular formula is C20H24N2OS. The fraction of sp³-hybridized carbons (Fsp3) is 0.400. The number of carbonyl (C=O) groups excluding carboxylic acids is 1. The van der Waals surface area contributed by atoms with Gasteiger partial charge >= 0.3 is 0 Å². The molecule has 4 heteroatoms. The molecule has 0 aliphatic heterocycles. The van der Waals surface area contributed by atoms with Crippen LogP contribution in [0.3, 0.4) is 0 Å². The summed E-state index contributed by atoms with van der Waals surface area (Å²) in [5.74, 6) is 0.0689. The summed E-state index contributed by atoms with van der Waals surface area (Å²) >= 11 is 1.66. The van der Waals surface area contributed by atoms with Gasteiger partial charge in [0.15, 0.2) is 0 Å². The Morgan fingerprint density at radius 2 is 2.08 bits per heavy atom. The molecule has 0 saturated carbocycles. The Bertz CT molecular complexity index is 718. The number of amides is 1. The molecule has 0 fully saturated rings. The van der Waals surface area contributed by atoms with Gasteiger partial charge in [0.1, 0.15) is 5.01 Å². The summed E-state index contributed by atoms with van der Waals surface area (Å²) in [6.07, 6.45) is 8.69. The Morgan fingerprint density at radius 3 is 2.83 bits per heavy atom. The topological polar surface area (TPSA) is 42.0 Å². The van der Waals surface area contributed by atoms with E-state index in [9.17, 15) is 4.79 Å². The Balaban J connectivity index is 1.53. The number of thiazole rings is 1. The molecule has 1 N–H and O–H groups in total. The van der Waals surface area contributed by atoms with E-state index >= 15 is 0 Å². The minimum atomic E-state index is 0.0689. The van der Waals surface area contributed by atoms with Gasteiger partial charge in [-0.2, -0.15) is 0 Å². The second kappa shape index (κ2) is 8.25. The lowest BCUT2D eigenvalue weighted by molar-refractivity contribution is -0.120. The van der Waals surface area contributed by atoms with E-state index in [0.717, 1.165) is 34.1 Å². The molecule has 1 amide bonds. The van der Waals surface area contributed by atoms with Crippen molar-refractivity contribution in [3.63, 3.8) is 0 Å². The van der Waals surface area contributed by atoms with Crippen molar-refractivity contribution < 1.29 is 4.79 Å². The van der Waals surface area contributed by atoms with Crippen LogP contribution in [-0.2, 0) is 11.2 Å². The largest absolute Gasteiger partial charge is 0.355 e. The molecule has 126 valence electrons. The number of allylic oxidation sites excluding steroid dienone is 1. The van der Waals surface area contributed by atoms with Crippen molar-refractivity contribution in [1.29, 1.82) is 0 Å². The minimum Gasteiger partial charge on any atom is -0.355 e. The maximum absolute atomic E-state index is 12.2. The quantitative estimate of drug-likeness (QED) is 0.777. The number of rotatable bonds is 6. The van der Waals surface area contributed by atoms with E-state index in [4.69, 9.17) is 0 Å². The Hall–Kier alpha value is -1.94. The van der Waals surface area contributed by atoms with Gasteiger partial charge in [0.2, 0.25) is 5.91 Å². The third kappa shape index (κ3) is 4.54. The van der Waals surface area contributed by atoms with E-state index in [0.29, 0.717) is 6.42 Å². The molecule has 1 aliphatic carbocycles. The second-order valence-electron chi connectivity index (χ2n) is 6.27. The van der Waals surface area contributed by atoms with E-state index in [1.807, 2.05) is 25.1 Å². The monoisotopic (exact) mass is 340 g/mol. The van der Waals surface area contributed by atoms with Crippen LogP contribution in [0.25, 0.3) is 10.6 Å². The van der Waals surface area contributed by atoms with Crippen molar-refractivity contribution in [2.45, 2.75) is 45.4 Å². The zero-order chi connectivity index (χ0) is 16.8. The maximum atomic E-state index is 12.2. The summed E-state index contributed by atoms with van der Waals surface area (Å²) in [5.41, 5.74) is 3.51. The number of aryl methyl sites for hydroxylation is 1. The van der Waals surface area contributed by atoms with Gasteiger partial charge in [-0.1, -0.05) is 42.0 Å². The Labute approximate surface area is 147 Å². The highest BCUT2D eigenvalue weighted by Crippen LogP contribution is 2.27. The van der Waals surface area contributed by atoms with Crippen LogP contribution in [0, 0.1) is 6.92 Å². The molecule has 1 aliphatic rings. The van der Waals surface area contributed by atoms with Crippen LogP contribution in [0.2, 0.25) is 0 Å². The molecular weight excluding hydrogens is 316 g/mol. The van der Waals surface area contributed by atoms with Crippen molar-refractivity contribution in [1.82, 2.24) is 10.3 Å². The van der Waals surface area contributed by atoms with E-state index in [-0.39, 0.29) is 5.91 Å². The second-order valence-corrected chi connectivity index (χ2v) is 7.48. The van der Waals surface area contributed by atoms with E-state index in [2.05, 4.69) is 28.5 Å². The molecule has 0 saturated heterocycles. The van der Waals surface area contributed by atoms with Crippen LogP contribution in [-0.4, -0.2) is 17.4 Å². The standard InChI is InChI=1S/C20H24N2OS/c1-15-18(22-20(24-15)17-10-6-3-7-11-17)14-19(23)21-13-12-16-8-4-2-5-9-16/h3,6-8,10-11H,2,4-5,9,12-14H2,1H3,(H,21,23). The molecule has 3 rings (SSSR count). The highest BCUT2D eigenvalue weighted by atomic mass is 32.1. The fourth-order valence-corrected chi connectivity index (χ4v) is 3.94. The maximum Gasteiger partial charge on any atom is 0.226 e. The smallest absolute Gasteiger partial charge is 0.226 e. The van der Waals surface area contributed by atoms with Gasteiger partial charge in [-0.3, -0.25) is 4.79 Å². The molecule has 0 radical (unpaired) electrons. The molecule has 24 heavy (non-hydrogen) atoms. The predicted molar refractivity (Wildman–Crippen MR) is 100 cm³/mol. The number of benzene rings is 1. The van der Waals surface area contributed by atoms with Crippen LogP contribution < -0.4 is 5.32 Å². The molecule has 0 bridgehead atoms. The third-order valence-electron chi connectivity index (χ3n) is 4.39. The minimum absolute atomic E-state index is 0.0689. The first-order valence-electron chi connectivity index (χ1n) is 8.68. The van der Waals surface area contributed by atoms with E-state index in [1.165, 1.54) is 31.3 Å². The number of nitrogens with one attached hydrogen (secondary N) is 1. The van der Waals surface area contributed by atoms with Crippen molar-refractivity contribution in [2.24, 2.45) is 0 Å². The zero-order valence-electron chi connectivity index (χ0n) is 14.2. The van der Waals surface area contributed by atoms with Crippen molar-refractivity contribution in [3.8, 4) is 10.6 Å². The van der Waals surface area contributed by atoms with Gasteiger partial charge < -0.3 is 5.32 Å². The summed E-state index contributed by atoms with van der Waals surface area (Å²) in [4.78, 5) is 18.0. The first kappa shape index (κ1) is 16.9. The van der Waals surface area contributed by atoms with E-state index < -0.39 is 0 Å². The molecule has 3 nitrogen and oxygen atoms in total. The van der Waals surface area contributed by atoms with Crippen molar-refractivity contribution in [2.75, 3.05) is 6.54 Å². The number of carbonyl (C=O) groups is 1. The van der Waals surface area contributed by atoms with Crippen LogP contribution in [0.1, 0.15) is 42.7 Å². The summed E-state index contributed by atoms with van der Waals surface area (Å²) in [6.45, 7) is 2.78. The number of hydrogen-bond acceptors (Lipinski definition) is 3. The van der Waals surface area contributed by atoms with Gasteiger partial charge in [0, 0.05) is 17.0 Å². The SMILES string of the molecule is Cc1sc(-c2ccccc2)nc1CC(=O)NCCC1=CCCCC1. The molecule has 1 aromatic carbocycles. The van der Waals surface area contributed by atoms with Gasteiger partial charge in [-0.05, 0) is 39.0 Å². The highest BCUT2D eigenvalue weighted by Gasteiger charge is 2.13. The first-order valence-corrected chi connectivity index (χ1v) is 9.50. The molecule has 2 aromatic rings. The van der Waals surface area contributed by atoms with Gasteiger partial charge in [-0.25, -0.2) is 4.98 Å². The lowest BCUT2D eigenvalue weighted by atomic mass is 9.97. The third-order valence-corrected chi connectivity index (χ3v) is 5.46. The van der Waals surface area contributed by atoms with E-state index in [1.54, 1.807) is 11.3 Å². The molecule has 0 unspecified atom stereocenters. The van der Waals surface area contributed by atoms with Crippen LogP contribution in [0.5, 0.6) is 0 Å². The van der Waals surface area contributed by atoms with Crippen LogP contribution >= 0.6 is 11.3 Å². The Morgan fingerprint density at radius 1 is 1.25 bits per heavy atom. The van der Waals surface area contributed by atoms with Gasteiger partial charge in [-0.15, -0.1) is 11.3 Å². The number of nitrogens with zero attached hydrogens (tertiary/aromatic N) is 1. The highest BCUT2D eigenvalue weighted by molar-refractivity contribution is 7.15. The van der Waals surface area contributed by atoms with Crippen molar-refractivity contribution in [3.05, 3.63) is 52.6 Å².